The molecule has 0 atom stereocenters. The third kappa shape index (κ3) is 6.23. The summed E-state index contributed by atoms with van der Waals surface area (Å²) in [6, 6.07) is 5.36. The van der Waals surface area contributed by atoms with Crippen LogP contribution in [0.3, 0.4) is 0 Å². The molecule has 1 aromatic rings. The number of rotatable bonds is 1. The molecule has 0 bridgehead atoms. The number of aromatic carboxylic acids is 1. The topological polar surface area (TPSA) is 57.5 Å². The van der Waals surface area contributed by atoms with E-state index in [1.54, 1.807) is 6.92 Å². The smallest absolute Gasteiger partial charge is 0.508 e. The van der Waals surface area contributed by atoms with Crippen molar-refractivity contribution in [1.82, 2.24) is 0 Å². The SMILES string of the molecule is O=C(O)c1ccc(O)cc1.[CH2-]C.[K+]. The van der Waals surface area contributed by atoms with Gasteiger partial charge in [0.2, 0.25) is 0 Å². The molecule has 0 fully saturated rings. The Morgan fingerprint density at radius 2 is 1.62 bits per heavy atom. The van der Waals surface area contributed by atoms with Crippen LogP contribution < -0.4 is 51.4 Å². The number of aromatic hydroxyl groups is 1. The fourth-order valence-corrected chi connectivity index (χ4v) is 0.604. The quantitative estimate of drug-likeness (QED) is 0.454. The predicted octanol–water partition coefficient (Wildman–Crippen LogP) is -1.07. The number of carboxylic acid groups (broad SMARTS) is 1. The van der Waals surface area contributed by atoms with Gasteiger partial charge in [-0.25, -0.2) is 4.79 Å². The van der Waals surface area contributed by atoms with Gasteiger partial charge in [0.25, 0.3) is 0 Å². The predicted molar refractivity (Wildman–Crippen MR) is 46.1 cm³/mol. The molecular weight excluding hydrogens is 195 g/mol. The minimum atomic E-state index is -0.986. The summed E-state index contributed by atoms with van der Waals surface area (Å²) in [5.41, 5.74) is 0.179. The summed E-state index contributed by atoms with van der Waals surface area (Å²) in [5, 5.41) is 17.1. The number of hydrogen-bond donors (Lipinski definition) is 2. The van der Waals surface area contributed by atoms with Crippen molar-refractivity contribution in [2.75, 3.05) is 0 Å². The van der Waals surface area contributed by atoms with Crippen molar-refractivity contribution in [3.05, 3.63) is 36.8 Å². The van der Waals surface area contributed by atoms with E-state index in [1.165, 1.54) is 24.3 Å². The van der Waals surface area contributed by atoms with Crippen LogP contribution in [0.2, 0.25) is 0 Å². The van der Waals surface area contributed by atoms with Gasteiger partial charge >= 0.3 is 57.4 Å². The van der Waals surface area contributed by atoms with Gasteiger partial charge in [-0.1, -0.05) is 0 Å². The second-order valence-corrected chi connectivity index (χ2v) is 1.85. The van der Waals surface area contributed by atoms with Crippen molar-refractivity contribution in [3.63, 3.8) is 0 Å². The zero-order valence-electron chi connectivity index (χ0n) is 7.82. The Hall–Kier alpha value is 0.126. The van der Waals surface area contributed by atoms with Gasteiger partial charge < -0.3 is 17.1 Å². The molecule has 13 heavy (non-hydrogen) atoms. The summed E-state index contributed by atoms with van der Waals surface area (Å²) in [4.78, 5) is 10.2. The van der Waals surface area contributed by atoms with E-state index in [0.717, 1.165) is 0 Å². The van der Waals surface area contributed by atoms with E-state index in [1.807, 2.05) is 0 Å². The summed E-state index contributed by atoms with van der Waals surface area (Å²) in [6.07, 6.45) is 0. The van der Waals surface area contributed by atoms with E-state index < -0.39 is 5.97 Å². The van der Waals surface area contributed by atoms with Gasteiger partial charge in [-0.05, 0) is 24.3 Å². The summed E-state index contributed by atoms with van der Waals surface area (Å²) < 4.78 is 0. The third-order valence-corrected chi connectivity index (χ3v) is 1.11. The first-order chi connectivity index (χ1) is 5.70. The van der Waals surface area contributed by atoms with Crippen LogP contribution in [-0.4, -0.2) is 16.2 Å². The molecule has 0 aromatic heterocycles. The normalized spacial score (nSPS) is 7.54. The molecule has 0 saturated heterocycles. The first-order valence-corrected chi connectivity index (χ1v) is 3.43. The number of hydrogen-bond acceptors (Lipinski definition) is 2. The van der Waals surface area contributed by atoms with Gasteiger partial charge in [-0.3, -0.25) is 0 Å². The van der Waals surface area contributed by atoms with Crippen molar-refractivity contribution in [3.8, 4) is 5.75 Å². The number of carboxylic acids is 1. The van der Waals surface area contributed by atoms with E-state index in [4.69, 9.17) is 10.2 Å². The fraction of sp³-hybridized carbons (Fsp3) is 0.111. The van der Waals surface area contributed by atoms with Gasteiger partial charge in [0.05, 0.1) is 5.56 Å². The Kier molecular flexibility index (Phi) is 10.4. The minimum Gasteiger partial charge on any atom is -0.508 e. The summed E-state index contributed by atoms with van der Waals surface area (Å²) in [5.74, 6) is -0.912. The van der Waals surface area contributed by atoms with Crippen molar-refractivity contribution in [1.29, 1.82) is 0 Å². The van der Waals surface area contributed by atoms with Gasteiger partial charge in [0, 0.05) is 0 Å². The molecule has 0 saturated carbocycles. The van der Waals surface area contributed by atoms with Crippen LogP contribution >= 0.6 is 0 Å². The van der Waals surface area contributed by atoms with Crippen LogP contribution in [0.25, 0.3) is 0 Å². The van der Waals surface area contributed by atoms with Crippen LogP contribution in [0.5, 0.6) is 5.75 Å². The Labute approximate surface area is 120 Å². The van der Waals surface area contributed by atoms with Gasteiger partial charge in [-0.15, -0.1) is 0 Å². The van der Waals surface area contributed by atoms with Crippen LogP contribution in [-0.2, 0) is 0 Å². The number of phenols is 1. The maximum absolute atomic E-state index is 10.2. The Balaban J connectivity index is 0. The molecule has 4 heteroatoms. The molecule has 0 aliphatic rings. The third-order valence-electron chi connectivity index (χ3n) is 1.11. The van der Waals surface area contributed by atoms with Gasteiger partial charge in [0.1, 0.15) is 5.75 Å². The van der Waals surface area contributed by atoms with E-state index in [0.29, 0.717) is 0 Å². The standard InChI is InChI=1S/C7H6O3.C2H5.K/c8-6-3-1-5(2-4-6)7(9)10;1-2;/h1-4,8H,(H,9,10);1H2,2H3;/q;-1;+1. The van der Waals surface area contributed by atoms with Crippen LogP contribution in [0, 0.1) is 6.92 Å². The Bertz CT molecular complexity index is 244. The van der Waals surface area contributed by atoms with E-state index in [9.17, 15) is 4.79 Å². The van der Waals surface area contributed by atoms with E-state index in [2.05, 4.69) is 6.92 Å². The molecule has 3 nitrogen and oxygen atoms in total. The molecule has 0 aliphatic heterocycles. The Morgan fingerprint density at radius 3 is 1.92 bits per heavy atom. The van der Waals surface area contributed by atoms with E-state index in [-0.39, 0.29) is 62.7 Å². The zero-order valence-corrected chi connectivity index (χ0v) is 10.9. The summed E-state index contributed by atoms with van der Waals surface area (Å²) in [7, 11) is 0. The molecule has 0 heterocycles. The summed E-state index contributed by atoms with van der Waals surface area (Å²) in [6.45, 7) is 5.00. The molecule has 0 spiro atoms. The number of benzene rings is 1. The van der Waals surface area contributed by atoms with Crippen LogP contribution in [0.15, 0.2) is 24.3 Å². The maximum Gasteiger partial charge on any atom is 1.00 e. The monoisotopic (exact) mass is 206 g/mol. The fourth-order valence-electron chi connectivity index (χ4n) is 0.604. The molecule has 0 amide bonds. The maximum atomic E-state index is 10.2. The zero-order chi connectivity index (χ0) is 9.56. The molecular formula is C9H11KO3. The van der Waals surface area contributed by atoms with E-state index >= 15 is 0 Å². The van der Waals surface area contributed by atoms with Crippen molar-refractivity contribution in [2.45, 2.75) is 6.92 Å². The number of phenolic OH excluding ortho intramolecular Hbond substituents is 1. The minimum absolute atomic E-state index is 0. The molecule has 2 N–H and O–H groups in total. The first-order valence-electron chi connectivity index (χ1n) is 3.43. The molecule has 1 aromatic carbocycles. The first kappa shape index (κ1) is 15.6. The summed E-state index contributed by atoms with van der Waals surface area (Å²) >= 11 is 0. The van der Waals surface area contributed by atoms with Crippen LogP contribution in [0.1, 0.15) is 17.3 Å². The largest absolute Gasteiger partial charge is 1.00 e. The molecule has 0 aliphatic carbocycles. The number of carbonyl (C=O) groups is 1. The molecule has 0 radical (unpaired) electrons. The molecule has 1 rings (SSSR count). The second-order valence-electron chi connectivity index (χ2n) is 1.85. The second kappa shape index (κ2) is 8.71. The van der Waals surface area contributed by atoms with Crippen molar-refractivity contribution < 1.29 is 66.4 Å². The van der Waals surface area contributed by atoms with Gasteiger partial charge in [0.15, 0.2) is 0 Å². The average molecular weight is 206 g/mol. The Morgan fingerprint density at radius 1 is 1.23 bits per heavy atom. The molecule has 66 valence electrons. The van der Waals surface area contributed by atoms with Crippen LogP contribution in [0.4, 0.5) is 0 Å². The van der Waals surface area contributed by atoms with Crippen molar-refractivity contribution in [2.24, 2.45) is 0 Å². The molecule has 0 unspecified atom stereocenters. The van der Waals surface area contributed by atoms with Crippen molar-refractivity contribution >= 4 is 5.97 Å². The van der Waals surface area contributed by atoms with Gasteiger partial charge in [-0.2, -0.15) is 6.92 Å². The average Bonchev–Trinajstić information content (AvgIpc) is 2.09.